The minimum atomic E-state index is -2.42. The Morgan fingerprint density at radius 2 is 0.675 bits per heavy atom. The average Bonchev–Trinajstić information content (AvgIpc) is 2.80. The standard InChI is InChI=1S/C18H27F5N.3BH3O3.BH2O3/c1-4-7-10-24(11-8-5-2,12-9-6-3)18-16(22)14(20)13(19)15(21)17(18)23;4*2-1(3)4/h4-12H2,1-3H3;3*2-4H;2-3H/q+1;;;;-1. The molecule has 1 rings (SSSR count). The van der Waals surface area contributed by atoms with Gasteiger partial charge < -0.3 is 60.3 Å². The number of benzene rings is 1. The largest absolute Gasteiger partial charge is 0.832 e. The van der Waals surface area contributed by atoms with Gasteiger partial charge in [0.1, 0.15) is 0 Å². The lowest BCUT2D eigenvalue weighted by atomic mass is 10.1. The fourth-order valence-corrected chi connectivity index (χ4v) is 3.06. The van der Waals surface area contributed by atoms with E-state index in [0.717, 1.165) is 19.3 Å². The molecule has 40 heavy (non-hydrogen) atoms. The highest BCUT2D eigenvalue weighted by molar-refractivity contribution is 6.31. The molecule has 1 aromatic rings. The summed E-state index contributed by atoms with van der Waals surface area (Å²) in [4.78, 5) is 0. The van der Waals surface area contributed by atoms with E-state index in [0.29, 0.717) is 38.9 Å². The van der Waals surface area contributed by atoms with Gasteiger partial charge in [0.2, 0.25) is 34.8 Å². The van der Waals surface area contributed by atoms with Gasteiger partial charge in [-0.3, -0.25) is 4.48 Å². The second-order valence-corrected chi connectivity index (χ2v) is 7.66. The van der Waals surface area contributed by atoms with Crippen molar-refractivity contribution in [1.29, 1.82) is 0 Å². The number of nitrogens with zero attached hydrogens (tertiary/aromatic N) is 1. The van der Waals surface area contributed by atoms with Crippen molar-refractivity contribution < 1.29 is 82.2 Å². The highest BCUT2D eigenvalue weighted by atomic mass is 19.2. The van der Waals surface area contributed by atoms with Crippen LogP contribution in [0.15, 0.2) is 0 Å². The Hall–Kier alpha value is -1.39. The van der Waals surface area contributed by atoms with Crippen molar-refractivity contribution in [3.8, 4) is 0 Å². The van der Waals surface area contributed by atoms with Gasteiger partial charge in [0.15, 0.2) is 0 Å². The van der Waals surface area contributed by atoms with Crippen LogP contribution >= 0.6 is 0 Å². The summed E-state index contributed by atoms with van der Waals surface area (Å²) >= 11 is 0. The van der Waals surface area contributed by atoms with Crippen molar-refractivity contribution in [2.45, 2.75) is 59.3 Å². The maximum absolute atomic E-state index is 14.4. The zero-order valence-corrected chi connectivity index (χ0v) is 22.3. The van der Waals surface area contributed by atoms with Crippen LogP contribution in [0.25, 0.3) is 0 Å². The van der Waals surface area contributed by atoms with Crippen LogP contribution in [-0.2, 0) is 0 Å². The fraction of sp³-hybridized carbons (Fsp3) is 0.667. The maximum Gasteiger partial charge on any atom is 0.631 e. The predicted octanol–water partition coefficient (Wildman–Crippen LogP) is -2.75. The number of quaternary nitrogens is 1. The van der Waals surface area contributed by atoms with Crippen LogP contribution in [-0.4, -0.2) is 104 Å². The normalized spacial score (nSPS) is 9.90. The summed E-state index contributed by atoms with van der Waals surface area (Å²) in [6.45, 7) is 6.92. The van der Waals surface area contributed by atoms with Crippen molar-refractivity contribution in [3.63, 3.8) is 0 Å². The van der Waals surface area contributed by atoms with Gasteiger partial charge in [-0.2, -0.15) is 8.78 Å². The lowest BCUT2D eigenvalue weighted by Gasteiger charge is -2.39. The second-order valence-electron chi connectivity index (χ2n) is 7.66. The number of hydrogen-bond acceptors (Lipinski definition) is 12. The summed E-state index contributed by atoms with van der Waals surface area (Å²) in [6.07, 6.45) is 4.34. The van der Waals surface area contributed by atoms with Crippen LogP contribution in [0.2, 0.25) is 0 Å². The number of halogens is 5. The van der Waals surface area contributed by atoms with Gasteiger partial charge >= 0.3 is 29.3 Å². The summed E-state index contributed by atoms with van der Waals surface area (Å²) in [5, 5.41) is 87.2. The summed E-state index contributed by atoms with van der Waals surface area (Å²) < 4.78 is 69.6. The van der Waals surface area contributed by atoms with Crippen molar-refractivity contribution in [1.82, 2.24) is 4.48 Å². The molecule has 22 heteroatoms. The molecule has 0 saturated heterocycles. The molecule has 1 aromatic carbocycles. The summed E-state index contributed by atoms with van der Waals surface area (Å²) in [5.41, 5.74) is -0.665. The Balaban J connectivity index is -0.000000330. The van der Waals surface area contributed by atoms with E-state index in [2.05, 4.69) is 0 Å². The van der Waals surface area contributed by atoms with E-state index in [9.17, 15) is 22.0 Å². The van der Waals surface area contributed by atoms with Crippen molar-refractivity contribution in [2.75, 3.05) is 19.6 Å². The molecular formula is C18H38B4F5NO12. The van der Waals surface area contributed by atoms with Gasteiger partial charge in [0.25, 0.3) is 0 Å². The molecule has 0 saturated carbocycles. The molecule has 0 aliphatic carbocycles. The van der Waals surface area contributed by atoms with Crippen LogP contribution in [0, 0.1) is 29.1 Å². The van der Waals surface area contributed by atoms with Crippen molar-refractivity contribution in [3.05, 3.63) is 29.1 Å². The van der Waals surface area contributed by atoms with Gasteiger partial charge in [-0.05, 0) is 19.3 Å². The Kier molecular flexibility index (Phi) is 30.2. The Labute approximate surface area is 230 Å². The Bertz CT molecular complexity index is 676. The molecule has 0 bridgehead atoms. The first-order valence-corrected chi connectivity index (χ1v) is 11.8. The monoisotopic (exact) mass is 599 g/mol. The molecule has 0 heterocycles. The highest BCUT2D eigenvalue weighted by Crippen LogP contribution is 2.36. The van der Waals surface area contributed by atoms with E-state index < -0.39 is 64.1 Å². The first kappa shape index (κ1) is 45.6. The van der Waals surface area contributed by atoms with Crippen LogP contribution in [0.4, 0.5) is 27.6 Å². The van der Waals surface area contributed by atoms with E-state index in [1.165, 1.54) is 0 Å². The SMILES string of the molecule is CCCC[N+](CCCC)(CCCC)c1c(F)c(F)c(F)c(F)c1F.OB(O)O.OB(O)O.OB(O)O.[O-]B(O)O. The number of hydrogen-bond donors (Lipinski definition) is 11. The average molecular weight is 599 g/mol. The number of rotatable bonds is 10. The fourth-order valence-electron chi connectivity index (χ4n) is 3.06. The van der Waals surface area contributed by atoms with Crippen molar-refractivity contribution in [2.24, 2.45) is 0 Å². The molecule has 0 aromatic heterocycles. The molecular weight excluding hydrogens is 560 g/mol. The molecule has 11 N–H and O–H groups in total. The zero-order chi connectivity index (χ0) is 32.6. The quantitative estimate of drug-likeness (QED) is 0.0432. The van der Waals surface area contributed by atoms with Crippen molar-refractivity contribution >= 4 is 35.0 Å². The van der Waals surface area contributed by atoms with Crippen LogP contribution in [0.5, 0.6) is 0 Å². The van der Waals surface area contributed by atoms with Gasteiger partial charge in [0.05, 0.1) is 19.6 Å². The third-order valence-corrected chi connectivity index (χ3v) is 4.48. The molecule has 0 fully saturated rings. The predicted molar refractivity (Wildman–Crippen MR) is 135 cm³/mol. The molecule has 0 aliphatic heterocycles. The first-order chi connectivity index (χ1) is 18.3. The Morgan fingerprint density at radius 1 is 0.500 bits per heavy atom. The van der Waals surface area contributed by atoms with Gasteiger partial charge in [0, 0.05) is 0 Å². The van der Waals surface area contributed by atoms with E-state index in [1.54, 1.807) is 0 Å². The molecule has 0 atom stereocenters. The van der Waals surface area contributed by atoms with Gasteiger partial charge in [-0.1, -0.05) is 40.0 Å². The third-order valence-electron chi connectivity index (χ3n) is 4.48. The summed E-state index contributed by atoms with van der Waals surface area (Å²) in [6, 6.07) is 0. The lowest BCUT2D eigenvalue weighted by Crippen LogP contribution is -2.53. The van der Waals surface area contributed by atoms with E-state index in [-0.39, 0.29) is 4.48 Å². The summed E-state index contributed by atoms with van der Waals surface area (Å²) in [5.74, 6) is -9.16. The lowest BCUT2D eigenvalue weighted by molar-refractivity contribution is -0.242. The smallest absolute Gasteiger partial charge is 0.631 e. The maximum atomic E-state index is 14.4. The van der Waals surface area contributed by atoms with Crippen LogP contribution < -0.4 is 9.51 Å². The molecule has 0 aliphatic rings. The molecule has 13 nitrogen and oxygen atoms in total. The third kappa shape index (κ3) is 24.4. The zero-order valence-electron chi connectivity index (χ0n) is 22.3. The molecule has 0 amide bonds. The van der Waals surface area contributed by atoms with Gasteiger partial charge in [-0.15, -0.1) is 0 Å². The highest BCUT2D eigenvalue weighted by Gasteiger charge is 2.40. The van der Waals surface area contributed by atoms with E-state index in [4.69, 9.17) is 60.3 Å². The summed E-state index contributed by atoms with van der Waals surface area (Å²) in [7, 11) is -8.92. The molecule has 0 spiro atoms. The van der Waals surface area contributed by atoms with Crippen LogP contribution in [0.3, 0.4) is 0 Å². The second kappa shape index (κ2) is 26.5. The van der Waals surface area contributed by atoms with E-state index in [1.807, 2.05) is 20.8 Å². The Morgan fingerprint density at radius 3 is 0.850 bits per heavy atom. The molecule has 0 unspecified atom stereocenters. The minimum Gasteiger partial charge on any atom is -0.832 e. The van der Waals surface area contributed by atoms with Crippen LogP contribution in [0.1, 0.15) is 59.3 Å². The molecule has 234 valence electrons. The molecule has 0 radical (unpaired) electrons. The minimum absolute atomic E-state index is 0.179. The van der Waals surface area contributed by atoms with Gasteiger partial charge in [-0.25, -0.2) is 13.2 Å². The topological polar surface area (TPSA) is 246 Å². The first-order valence-electron chi connectivity index (χ1n) is 11.8. The van der Waals surface area contributed by atoms with E-state index >= 15 is 0 Å². The number of unbranched alkanes of at least 4 members (excludes halogenated alkanes) is 3.